The standard InChI is InChI=1S/C17H27NO/c1-4-18-15-10-6-5-7-11-17(15)19-16-12-8-9-13(2)14(16)3/h8-9,12,15,17-18H,4-7,10-11H2,1-3H3. The molecular weight excluding hydrogens is 234 g/mol. The molecule has 0 saturated heterocycles. The minimum Gasteiger partial charge on any atom is -0.489 e. The van der Waals surface area contributed by atoms with Gasteiger partial charge in [-0.1, -0.05) is 31.9 Å². The Bertz CT molecular complexity index is 402. The van der Waals surface area contributed by atoms with E-state index in [1.54, 1.807) is 0 Å². The van der Waals surface area contributed by atoms with E-state index in [4.69, 9.17) is 4.74 Å². The van der Waals surface area contributed by atoms with E-state index in [1.807, 2.05) is 0 Å². The van der Waals surface area contributed by atoms with Crippen LogP contribution in [-0.2, 0) is 0 Å². The largest absolute Gasteiger partial charge is 0.489 e. The van der Waals surface area contributed by atoms with E-state index >= 15 is 0 Å². The molecule has 0 aliphatic heterocycles. The first-order chi connectivity index (χ1) is 9.22. The van der Waals surface area contributed by atoms with Crippen molar-refractivity contribution in [1.82, 2.24) is 5.32 Å². The number of rotatable bonds is 4. The van der Waals surface area contributed by atoms with Crippen LogP contribution in [0, 0.1) is 13.8 Å². The van der Waals surface area contributed by atoms with E-state index in [0.717, 1.165) is 12.3 Å². The smallest absolute Gasteiger partial charge is 0.122 e. The maximum absolute atomic E-state index is 6.35. The van der Waals surface area contributed by atoms with Crippen LogP contribution < -0.4 is 10.1 Å². The highest BCUT2D eigenvalue weighted by atomic mass is 16.5. The van der Waals surface area contributed by atoms with Crippen molar-refractivity contribution in [3.63, 3.8) is 0 Å². The maximum Gasteiger partial charge on any atom is 0.122 e. The number of benzene rings is 1. The molecule has 2 nitrogen and oxygen atoms in total. The highest BCUT2D eigenvalue weighted by molar-refractivity contribution is 5.38. The molecule has 1 aromatic carbocycles. The highest BCUT2D eigenvalue weighted by Crippen LogP contribution is 2.27. The van der Waals surface area contributed by atoms with E-state index in [9.17, 15) is 0 Å². The highest BCUT2D eigenvalue weighted by Gasteiger charge is 2.25. The van der Waals surface area contributed by atoms with Crippen molar-refractivity contribution in [3.8, 4) is 5.75 Å². The Morgan fingerprint density at radius 3 is 2.74 bits per heavy atom. The van der Waals surface area contributed by atoms with Gasteiger partial charge in [-0.3, -0.25) is 0 Å². The van der Waals surface area contributed by atoms with Crippen molar-refractivity contribution in [2.75, 3.05) is 6.54 Å². The summed E-state index contributed by atoms with van der Waals surface area (Å²) in [5.74, 6) is 1.06. The minimum absolute atomic E-state index is 0.322. The number of hydrogen-bond acceptors (Lipinski definition) is 2. The van der Waals surface area contributed by atoms with Crippen LogP contribution in [0.4, 0.5) is 0 Å². The molecule has 1 aliphatic rings. The summed E-state index contributed by atoms with van der Waals surface area (Å²) >= 11 is 0. The van der Waals surface area contributed by atoms with Crippen LogP contribution >= 0.6 is 0 Å². The Hall–Kier alpha value is -1.02. The summed E-state index contributed by atoms with van der Waals surface area (Å²) < 4.78 is 6.35. The van der Waals surface area contributed by atoms with Gasteiger partial charge in [0.1, 0.15) is 11.9 Å². The van der Waals surface area contributed by atoms with Gasteiger partial charge < -0.3 is 10.1 Å². The third-order valence-corrected chi connectivity index (χ3v) is 4.25. The monoisotopic (exact) mass is 261 g/mol. The molecule has 2 atom stereocenters. The lowest BCUT2D eigenvalue weighted by atomic mass is 10.0. The number of ether oxygens (including phenoxy) is 1. The van der Waals surface area contributed by atoms with Gasteiger partial charge in [-0.2, -0.15) is 0 Å². The normalized spacial score (nSPS) is 23.9. The quantitative estimate of drug-likeness (QED) is 0.827. The summed E-state index contributed by atoms with van der Waals surface area (Å²) in [5.41, 5.74) is 2.59. The van der Waals surface area contributed by atoms with E-state index in [2.05, 4.69) is 44.3 Å². The summed E-state index contributed by atoms with van der Waals surface area (Å²) in [7, 11) is 0. The predicted octanol–water partition coefficient (Wildman–Crippen LogP) is 3.99. The Morgan fingerprint density at radius 1 is 1.16 bits per heavy atom. The van der Waals surface area contributed by atoms with Gasteiger partial charge in [0.15, 0.2) is 0 Å². The first-order valence-electron chi connectivity index (χ1n) is 7.68. The molecule has 1 fully saturated rings. The fourth-order valence-corrected chi connectivity index (χ4v) is 2.93. The van der Waals surface area contributed by atoms with Gasteiger partial charge in [0.25, 0.3) is 0 Å². The third-order valence-electron chi connectivity index (χ3n) is 4.25. The van der Waals surface area contributed by atoms with Gasteiger partial charge in [-0.25, -0.2) is 0 Å². The van der Waals surface area contributed by atoms with Crippen molar-refractivity contribution < 1.29 is 4.74 Å². The van der Waals surface area contributed by atoms with Crippen molar-refractivity contribution in [3.05, 3.63) is 29.3 Å². The molecular formula is C17H27NO. The Kier molecular flexibility index (Phi) is 5.26. The second kappa shape index (κ2) is 6.95. The molecule has 0 spiro atoms. The second-order valence-electron chi connectivity index (χ2n) is 5.66. The van der Waals surface area contributed by atoms with Crippen molar-refractivity contribution in [1.29, 1.82) is 0 Å². The lowest BCUT2D eigenvalue weighted by Crippen LogP contribution is -2.42. The SMILES string of the molecule is CCNC1CCCCCC1Oc1cccc(C)c1C. The average Bonchev–Trinajstić information content (AvgIpc) is 2.62. The fraction of sp³-hybridized carbons (Fsp3) is 0.647. The number of hydrogen-bond donors (Lipinski definition) is 1. The molecule has 106 valence electrons. The molecule has 2 heteroatoms. The summed E-state index contributed by atoms with van der Waals surface area (Å²) in [6, 6.07) is 6.86. The van der Waals surface area contributed by atoms with Gasteiger partial charge in [-0.05, 0) is 56.8 Å². The van der Waals surface area contributed by atoms with Crippen LogP contribution in [0.1, 0.15) is 50.2 Å². The lowest BCUT2D eigenvalue weighted by molar-refractivity contribution is 0.144. The lowest BCUT2D eigenvalue weighted by Gasteiger charge is -2.27. The second-order valence-corrected chi connectivity index (χ2v) is 5.66. The van der Waals surface area contributed by atoms with Crippen LogP contribution in [0.15, 0.2) is 18.2 Å². The fourth-order valence-electron chi connectivity index (χ4n) is 2.93. The van der Waals surface area contributed by atoms with Gasteiger partial charge >= 0.3 is 0 Å². The van der Waals surface area contributed by atoms with E-state index in [0.29, 0.717) is 12.1 Å². The molecule has 0 bridgehead atoms. The molecule has 0 amide bonds. The van der Waals surface area contributed by atoms with Gasteiger partial charge in [0.05, 0.1) is 0 Å². The van der Waals surface area contributed by atoms with Crippen molar-refractivity contribution in [2.45, 2.75) is 65.0 Å². The zero-order chi connectivity index (χ0) is 13.7. The zero-order valence-electron chi connectivity index (χ0n) is 12.5. The number of aryl methyl sites for hydroxylation is 1. The van der Waals surface area contributed by atoms with E-state index in [1.165, 1.54) is 43.2 Å². The molecule has 1 saturated carbocycles. The van der Waals surface area contributed by atoms with E-state index in [-0.39, 0.29) is 0 Å². The van der Waals surface area contributed by atoms with E-state index < -0.39 is 0 Å². The van der Waals surface area contributed by atoms with Gasteiger partial charge in [0, 0.05) is 6.04 Å². The molecule has 1 N–H and O–H groups in total. The molecule has 19 heavy (non-hydrogen) atoms. The molecule has 2 unspecified atom stereocenters. The molecule has 2 rings (SSSR count). The van der Waals surface area contributed by atoms with Crippen LogP contribution in [0.2, 0.25) is 0 Å². The van der Waals surface area contributed by atoms with Crippen LogP contribution in [0.5, 0.6) is 5.75 Å². The summed E-state index contributed by atoms with van der Waals surface area (Å²) in [4.78, 5) is 0. The first-order valence-corrected chi connectivity index (χ1v) is 7.68. The topological polar surface area (TPSA) is 21.3 Å². The molecule has 0 radical (unpaired) electrons. The Labute approximate surface area is 117 Å². The van der Waals surface area contributed by atoms with Gasteiger partial charge in [0.2, 0.25) is 0 Å². The van der Waals surface area contributed by atoms with Crippen molar-refractivity contribution >= 4 is 0 Å². The third kappa shape index (κ3) is 3.73. The summed E-state index contributed by atoms with van der Waals surface area (Å²) in [6.07, 6.45) is 6.69. The van der Waals surface area contributed by atoms with Crippen LogP contribution in [0.25, 0.3) is 0 Å². The molecule has 0 aromatic heterocycles. The summed E-state index contributed by atoms with van der Waals surface area (Å²) in [6.45, 7) is 7.51. The Morgan fingerprint density at radius 2 is 1.95 bits per heavy atom. The van der Waals surface area contributed by atoms with Crippen molar-refractivity contribution in [2.24, 2.45) is 0 Å². The summed E-state index contributed by atoms with van der Waals surface area (Å²) in [5, 5.41) is 3.60. The van der Waals surface area contributed by atoms with Crippen LogP contribution in [-0.4, -0.2) is 18.7 Å². The van der Waals surface area contributed by atoms with Crippen LogP contribution in [0.3, 0.4) is 0 Å². The molecule has 1 aliphatic carbocycles. The molecule has 1 aromatic rings. The number of likely N-dealkylation sites (N-methyl/N-ethyl adjacent to an activating group) is 1. The first kappa shape index (κ1) is 14.4. The predicted molar refractivity (Wildman–Crippen MR) is 80.9 cm³/mol. The maximum atomic E-state index is 6.35. The molecule has 0 heterocycles. The minimum atomic E-state index is 0.322. The Balaban J connectivity index is 2.11. The number of nitrogens with one attached hydrogen (secondary N) is 1. The van der Waals surface area contributed by atoms with Gasteiger partial charge in [-0.15, -0.1) is 0 Å². The average molecular weight is 261 g/mol. The zero-order valence-corrected chi connectivity index (χ0v) is 12.5.